The van der Waals surface area contributed by atoms with Crippen LogP contribution in [0.2, 0.25) is 0 Å². The molecular weight excluding hydrogens is 224 g/mol. The van der Waals surface area contributed by atoms with Gasteiger partial charge in [0.05, 0.1) is 0 Å². The summed E-state index contributed by atoms with van der Waals surface area (Å²) in [5.41, 5.74) is 7.60. The van der Waals surface area contributed by atoms with E-state index in [4.69, 9.17) is 10.5 Å². The summed E-state index contributed by atoms with van der Waals surface area (Å²) in [6, 6.07) is 9.72. The summed E-state index contributed by atoms with van der Waals surface area (Å²) in [5, 5.41) is 0. The lowest BCUT2D eigenvalue weighted by Gasteiger charge is -2.11. The first-order chi connectivity index (χ1) is 8.85. The molecule has 0 aliphatic carbocycles. The molecule has 0 fully saturated rings. The van der Waals surface area contributed by atoms with Gasteiger partial charge >= 0.3 is 0 Å². The third-order valence-electron chi connectivity index (χ3n) is 2.56. The van der Waals surface area contributed by atoms with E-state index in [0.29, 0.717) is 6.54 Å². The van der Waals surface area contributed by atoms with Crippen molar-refractivity contribution in [2.45, 2.75) is 13.5 Å². The van der Waals surface area contributed by atoms with Crippen molar-refractivity contribution in [2.75, 3.05) is 0 Å². The van der Waals surface area contributed by atoms with Crippen LogP contribution in [0.5, 0.6) is 11.5 Å². The van der Waals surface area contributed by atoms with E-state index in [1.807, 2.05) is 49.4 Å². The first-order valence-electron chi connectivity index (χ1n) is 5.87. The molecule has 2 N–H and O–H groups in total. The van der Waals surface area contributed by atoms with Crippen molar-refractivity contribution in [3.63, 3.8) is 0 Å². The second-order valence-electron chi connectivity index (χ2n) is 3.83. The van der Waals surface area contributed by atoms with Gasteiger partial charge in [-0.15, -0.1) is 0 Å². The van der Waals surface area contributed by atoms with E-state index >= 15 is 0 Å². The molecule has 0 aliphatic heterocycles. The number of nitrogens with zero attached hydrogens (tertiary/aromatic N) is 1. The fourth-order valence-electron chi connectivity index (χ4n) is 1.68. The number of allylic oxidation sites excluding steroid dienone is 1. The van der Waals surface area contributed by atoms with Gasteiger partial charge in [0, 0.05) is 30.1 Å². The van der Waals surface area contributed by atoms with E-state index in [2.05, 4.69) is 4.98 Å². The summed E-state index contributed by atoms with van der Waals surface area (Å²) >= 11 is 0. The molecule has 0 spiro atoms. The molecule has 1 aromatic carbocycles. The average Bonchev–Trinajstić information content (AvgIpc) is 2.42. The van der Waals surface area contributed by atoms with Gasteiger partial charge in [0.25, 0.3) is 0 Å². The highest BCUT2D eigenvalue weighted by Crippen LogP contribution is 2.28. The lowest BCUT2D eigenvalue weighted by Crippen LogP contribution is -2.00. The number of aromatic nitrogens is 1. The smallest absolute Gasteiger partial charge is 0.135 e. The number of pyridine rings is 1. The summed E-state index contributed by atoms with van der Waals surface area (Å²) in [5.74, 6) is 1.57. The van der Waals surface area contributed by atoms with Gasteiger partial charge in [-0.2, -0.15) is 0 Å². The standard InChI is InChI=1S/C15H16N2O/c1-2-5-12-6-3-4-7-14(12)18-15-8-9-17-11-13(15)10-16/h2-9,11H,10,16H2,1H3/b5-2+. The highest BCUT2D eigenvalue weighted by Gasteiger charge is 2.05. The van der Waals surface area contributed by atoms with Crippen molar-refractivity contribution in [1.29, 1.82) is 0 Å². The summed E-state index contributed by atoms with van der Waals surface area (Å²) in [4.78, 5) is 4.04. The second-order valence-corrected chi connectivity index (χ2v) is 3.83. The van der Waals surface area contributed by atoms with Crippen LogP contribution in [0.4, 0.5) is 0 Å². The molecule has 0 bridgehead atoms. The minimum absolute atomic E-state index is 0.412. The number of benzene rings is 1. The molecule has 3 heteroatoms. The topological polar surface area (TPSA) is 48.1 Å². The quantitative estimate of drug-likeness (QED) is 0.891. The van der Waals surface area contributed by atoms with Crippen LogP contribution in [0.1, 0.15) is 18.1 Å². The van der Waals surface area contributed by atoms with Gasteiger partial charge in [-0.05, 0) is 19.1 Å². The Morgan fingerprint density at radius 1 is 1.22 bits per heavy atom. The molecule has 2 aromatic rings. The zero-order chi connectivity index (χ0) is 12.8. The Labute approximate surface area is 107 Å². The van der Waals surface area contributed by atoms with Crippen molar-refractivity contribution in [3.05, 3.63) is 59.9 Å². The molecular formula is C15H16N2O. The molecule has 0 aliphatic rings. The Kier molecular flexibility index (Phi) is 4.10. The number of hydrogen-bond donors (Lipinski definition) is 1. The molecule has 92 valence electrons. The molecule has 0 atom stereocenters. The molecule has 1 heterocycles. The molecule has 0 amide bonds. The zero-order valence-electron chi connectivity index (χ0n) is 10.3. The molecule has 0 unspecified atom stereocenters. The Balaban J connectivity index is 2.34. The van der Waals surface area contributed by atoms with Crippen molar-refractivity contribution in [3.8, 4) is 11.5 Å². The zero-order valence-corrected chi connectivity index (χ0v) is 10.3. The third-order valence-corrected chi connectivity index (χ3v) is 2.56. The summed E-state index contributed by atoms with van der Waals surface area (Å²) in [6.45, 7) is 2.39. The van der Waals surface area contributed by atoms with Gasteiger partial charge in [-0.3, -0.25) is 4.98 Å². The minimum atomic E-state index is 0.412. The fraction of sp³-hybridized carbons (Fsp3) is 0.133. The van der Waals surface area contributed by atoms with Crippen LogP contribution in [0.25, 0.3) is 6.08 Å². The fourth-order valence-corrected chi connectivity index (χ4v) is 1.68. The molecule has 0 radical (unpaired) electrons. The molecule has 0 saturated carbocycles. The molecule has 2 rings (SSSR count). The first kappa shape index (κ1) is 12.3. The summed E-state index contributed by atoms with van der Waals surface area (Å²) in [6.07, 6.45) is 7.43. The van der Waals surface area contributed by atoms with Crippen LogP contribution in [0, 0.1) is 0 Å². The van der Waals surface area contributed by atoms with Gasteiger partial charge in [-0.25, -0.2) is 0 Å². The highest BCUT2D eigenvalue weighted by molar-refractivity contribution is 5.58. The van der Waals surface area contributed by atoms with Gasteiger partial charge in [0.2, 0.25) is 0 Å². The molecule has 0 saturated heterocycles. The predicted molar refractivity (Wildman–Crippen MR) is 73.4 cm³/mol. The molecule has 1 aromatic heterocycles. The van der Waals surface area contributed by atoms with Crippen LogP contribution in [0.3, 0.4) is 0 Å². The van der Waals surface area contributed by atoms with Crippen molar-refractivity contribution in [1.82, 2.24) is 4.98 Å². The maximum Gasteiger partial charge on any atom is 0.135 e. The van der Waals surface area contributed by atoms with Gasteiger partial charge in [0.1, 0.15) is 11.5 Å². The number of nitrogens with two attached hydrogens (primary N) is 1. The second kappa shape index (κ2) is 5.98. The van der Waals surface area contributed by atoms with E-state index in [9.17, 15) is 0 Å². The van der Waals surface area contributed by atoms with Crippen molar-refractivity contribution >= 4 is 6.08 Å². The van der Waals surface area contributed by atoms with Crippen molar-refractivity contribution < 1.29 is 4.74 Å². The molecule has 3 nitrogen and oxygen atoms in total. The Morgan fingerprint density at radius 2 is 2.06 bits per heavy atom. The van der Waals surface area contributed by atoms with Crippen LogP contribution in [0.15, 0.2) is 48.8 Å². The Bertz CT molecular complexity index is 550. The summed E-state index contributed by atoms with van der Waals surface area (Å²) < 4.78 is 5.91. The largest absolute Gasteiger partial charge is 0.456 e. The number of para-hydroxylation sites is 1. The van der Waals surface area contributed by atoms with Gasteiger partial charge in [0.15, 0.2) is 0 Å². The highest BCUT2D eigenvalue weighted by atomic mass is 16.5. The Hall–Kier alpha value is -2.13. The summed E-state index contributed by atoms with van der Waals surface area (Å²) in [7, 11) is 0. The van der Waals surface area contributed by atoms with Crippen molar-refractivity contribution in [2.24, 2.45) is 5.73 Å². The maximum absolute atomic E-state index is 5.91. The number of rotatable bonds is 4. The number of ether oxygens (including phenoxy) is 1. The van der Waals surface area contributed by atoms with Crippen LogP contribution in [-0.2, 0) is 6.54 Å². The van der Waals surface area contributed by atoms with Crippen LogP contribution >= 0.6 is 0 Å². The SMILES string of the molecule is C/C=C/c1ccccc1Oc1ccncc1CN. The lowest BCUT2D eigenvalue weighted by molar-refractivity contribution is 0.474. The van der Waals surface area contributed by atoms with Gasteiger partial charge in [-0.1, -0.05) is 30.4 Å². The minimum Gasteiger partial charge on any atom is -0.456 e. The lowest BCUT2D eigenvalue weighted by atomic mass is 10.2. The monoisotopic (exact) mass is 240 g/mol. The first-order valence-corrected chi connectivity index (χ1v) is 5.87. The van der Waals surface area contributed by atoms with Gasteiger partial charge < -0.3 is 10.5 Å². The Morgan fingerprint density at radius 3 is 2.83 bits per heavy atom. The van der Waals surface area contributed by atoms with Crippen LogP contribution < -0.4 is 10.5 Å². The van der Waals surface area contributed by atoms with E-state index in [1.54, 1.807) is 12.4 Å². The maximum atomic E-state index is 5.91. The van der Waals surface area contributed by atoms with Crippen LogP contribution in [-0.4, -0.2) is 4.98 Å². The predicted octanol–water partition coefficient (Wildman–Crippen LogP) is 3.37. The third kappa shape index (κ3) is 2.76. The van der Waals surface area contributed by atoms with E-state index in [-0.39, 0.29) is 0 Å². The van der Waals surface area contributed by atoms with E-state index < -0.39 is 0 Å². The number of hydrogen-bond acceptors (Lipinski definition) is 3. The van der Waals surface area contributed by atoms with E-state index in [1.165, 1.54) is 0 Å². The van der Waals surface area contributed by atoms with E-state index in [0.717, 1.165) is 22.6 Å². The average molecular weight is 240 g/mol. The molecule has 18 heavy (non-hydrogen) atoms. The normalized spacial score (nSPS) is 10.8.